The van der Waals surface area contributed by atoms with Crippen LogP contribution in [0.25, 0.3) is 67.0 Å². The van der Waals surface area contributed by atoms with Crippen LogP contribution in [0, 0.1) is 13.8 Å². The molecule has 62 heavy (non-hydrogen) atoms. The molecule has 1 heterocycles. The lowest BCUT2D eigenvalue weighted by molar-refractivity contribution is 0.460. The van der Waals surface area contributed by atoms with E-state index in [-0.39, 0.29) is 5.75 Å². The molecule has 3 heteroatoms. The summed E-state index contributed by atoms with van der Waals surface area (Å²) in [5.41, 5.74) is 19.3. The predicted molar refractivity (Wildman–Crippen MR) is 254 cm³/mol. The number of hydrogen-bond donors (Lipinski definition) is 2. The van der Waals surface area contributed by atoms with Gasteiger partial charge in [0, 0.05) is 44.2 Å². The van der Waals surface area contributed by atoms with Crippen LogP contribution in [0.1, 0.15) is 58.4 Å². The summed E-state index contributed by atoms with van der Waals surface area (Å²) in [5.74, 6) is 0.576. The third-order valence-corrected chi connectivity index (χ3v) is 13.7. The molecule has 3 nitrogen and oxygen atoms in total. The number of rotatable bonds is 6. The van der Waals surface area contributed by atoms with Gasteiger partial charge in [-0.05, 0) is 125 Å². The lowest BCUT2D eigenvalue weighted by Gasteiger charge is -2.30. The first kappa shape index (κ1) is 37.5. The molecule has 0 saturated carbocycles. The summed E-state index contributed by atoms with van der Waals surface area (Å²) in [6.45, 7) is 8.71. The summed E-state index contributed by atoms with van der Waals surface area (Å²) in [7, 11) is 0. The number of aromatic hydroxyl groups is 2. The third-order valence-electron chi connectivity index (χ3n) is 13.7. The van der Waals surface area contributed by atoms with Crippen molar-refractivity contribution in [3.63, 3.8) is 0 Å². The van der Waals surface area contributed by atoms with E-state index >= 15 is 0 Å². The Bertz CT molecular complexity index is 3230. The van der Waals surface area contributed by atoms with Crippen molar-refractivity contribution in [1.29, 1.82) is 0 Å². The first-order chi connectivity index (χ1) is 30.2. The van der Waals surface area contributed by atoms with E-state index in [9.17, 15) is 10.2 Å². The van der Waals surface area contributed by atoms with Crippen molar-refractivity contribution in [1.82, 2.24) is 4.98 Å². The van der Waals surface area contributed by atoms with Gasteiger partial charge >= 0.3 is 0 Å². The standard InChI is InChI=1S/C59H45NO2/c1-36-31-46(38-17-6-5-7-18-38)56(61)52(33-36)59(4)50-26-15-12-22-43(50)44-30-29-39(35-51(44)59)54-27-16-28-55(60-54)45-23-9-8-19-40(45)47-32-37(2)34-53(57(47)62)58(3)48-24-13-10-20-41(48)42-21-11-14-25-49(42)58/h5-35,61-62H,1-4H3. The zero-order valence-electron chi connectivity index (χ0n) is 35.2. The molecule has 11 rings (SSSR count). The SMILES string of the molecule is Cc1cc(-c2ccccc2)c(O)c(C2(C)c3ccccc3-c3ccc(-c4cccc(-c5ccccc5-c5cc(C)cc(C6(C)c7ccccc7-c7ccccc76)c5O)n4)cc32)c1. The van der Waals surface area contributed by atoms with E-state index in [0.29, 0.717) is 5.75 Å². The summed E-state index contributed by atoms with van der Waals surface area (Å²) < 4.78 is 0. The molecule has 2 N–H and O–H groups in total. The van der Waals surface area contributed by atoms with Crippen molar-refractivity contribution in [3.8, 4) is 78.5 Å². The highest BCUT2D eigenvalue weighted by Gasteiger charge is 2.44. The van der Waals surface area contributed by atoms with E-state index in [1.807, 2.05) is 30.3 Å². The number of pyridine rings is 1. The Labute approximate surface area is 363 Å². The van der Waals surface area contributed by atoms with Crippen molar-refractivity contribution in [2.45, 2.75) is 38.5 Å². The molecule has 0 saturated heterocycles. The molecule has 0 fully saturated rings. The largest absolute Gasteiger partial charge is 0.507 e. The number of phenolic OH excluding ortho intramolecular Hbond substituents is 2. The first-order valence-corrected chi connectivity index (χ1v) is 21.4. The number of hydrogen-bond acceptors (Lipinski definition) is 3. The maximum Gasteiger partial charge on any atom is 0.127 e. The topological polar surface area (TPSA) is 53.4 Å². The van der Waals surface area contributed by atoms with Crippen molar-refractivity contribution in [2.24, 2.45) is 0 Å². The van der Waals surface area contributed by atoms with Crippen LogP contribution in [0.4, 0.5) is 0 Å². The molecule has 2 aliphatic rings. The molecule has 9 aromatic rings. The van der Waals surface area contributed by atoms with Gasteiger partial charge in [0.05, 0.1) is 11.4 Å². The Balaban J connectivity index is 1.03. The van der Waals surface area contributed by atoms with Gasteiger partial charge in [-0.25, -0.2) is 4.98 Å². The average Bonchev–Trinajstić information content (AvgIpc) is 3.73. The highest BCUT2D eigenvalue weighted by Crippen LogP contribution is 2.57. The van der Waals surface area contributed by atoms with Crippen LogP contribution in [-0.4, -0.2) is 15.2 Å². The predicted octanol–water partition coefficient (Wildman–Crippen LogP) is 14.4. The lowest BCUT2D eigenvalue weighted by Crippen LogP contribution is -2.23. The lowest BCUT2D eigenvalue weighted by atomic mass is 9.72. The molecule has 0 aliphatic heterocycles. The number of aryl methyl sites for hydroxylation is 2. The van der Waals surface area contributed by atoms with E-state index in [0.717, 1.165) is 78.1 Å². The monoisotopic (exact) mass is 799 g/mol. The molecule has 2 aliphatic carbocycles. The van der Waals surface area contributed by atoms with E-state index in [1.54, 1.807) is 0 Å². The molecule has 0 radical (unpaired) electrons. The molecule has 298 valence electrons. The van der Waals surface area contributed by atoms with Crippen LogP contribution in [0.5, 0.6) is 11.5 Å². The van der Waals surface area contributed by atoms with Gasteiger partial charge in [0.15, 0.2) is 0 Å². The zero-order chi connectivity index (χ0) is 42.3. The molecule has 1 aromatic heterocycles. The quantitative estimate of drug-likeness (QED) is 0.176. The molecule has 0 spiro atoms. The fourth-order valence-electron chi connectivity index (χ4n) is 10.7. The van der Waals surface area contributed by atoms with E-state index in [2.05, 4.69) is 185 Å². The molecule has 0 bridgehead atoms. The first-order valence-electron chi connectivity index (χ1n) is 21.4. The second kappa shape index (κ2) is 14.0. The molecular weight excluding hydrogens is 755 g/mol. The Kier molecular flexibility index (Phi) is 8.49. The van der Waals surface area contributed by atoms with Gasteiger partial charge < -0.3 is 10.2 Å². The normalized spacial score (nSPS) is 15.4. The Morgan fingerprint density at radius 1 is 0.323 bits per heavy atom. The molecule has 1 atom stereocenters. The Hall–Kier alpha value is -7.49. The number of fused-ring (bicyclic) bond motifs is 6. The average molecular weight is 800 g/mol. The Morgan fingerprint density at radius 2 is 0.774 bits per heavy atom. The summed E-state index contributed by atoms with van der Waals surface area (Å²) in [6, 6.07) is 65.5. The molecule has 8 aromatic carbocycles. The van der Waals surface area contributed by atoms with Gasteiger partial charge in [-0.2, -0.15) is 0 Å². The zero-order valence-corrected chi connectivity index (χ0v) is 35.2. The Morgan fingerprint density at radius 3 is 1.37 bits per heavy atom. The van der Waals surface area contributed by atoms with Gasteiger partial charge in [-0.15, -0.1) is 0 Å². The van der Waals surface area contributed by atoms with E-state index in [4.69, 9.17) is 4.98 Å². The minimum absolute atomic E-state index is 0.278. The van der Waals surface area contributed by atoms with Crippen molar-refractivity contribution in [3.05, 3.63) is 233 Å². The fourth-order valence-corrected chi connectivity index (χ4v) is 10.7. The maximum absolute atomic E-state index is 12.5. The second-order valence-corrected chi connectivity index (χ2v) is 17.4. The number of benzene rings is 8. The van der Waals surface area contributed by atoms with E-state index < -0.39 is 10.8 Å². The molecular formula is C59H45NO2. The van der Waals surface area contributed by atoms with Gasteiger partial charge in [-0.1, -0.05) is 158 Å². The van der Waals surface area contributed by atoms with Gasteiger partial charge in [-0.3, -0.25) is 0 Å². The van der Waals surface area contributed by atoms with Gasteiger partial charge in [0.2, 0.25) is 0 Å². The maximum atomic E-state index is 12.5. The minimum atomic E-state index is -0.636. The highest BCUT2D eigenvalue weighted by atomic mass is 16.3. The number of aromatic nitrogens is 1. The molecule has 0 amide bonds. The van der Waals surface area contributed by atoms with Gasteiger partial charge in [0.1, 0.15) is 11.5 Å². The van der Waals surface area contributed by atoms with Crippen LogP contribution in [0.2, 0.25) is 0 Å². The fraction of sp³-hybridized carbons (Fsp3) is 0.102. The van der Waals surface area contributed by atoms with Crippen LogP contribution < -0.4 is 0 Å². The van der Waals surface area contributed by atoms with Crippen LogP contribution >= 0.6 is 0 Å². The van der Waals surface area contributed by atoms with Crippen molar-refractivity contribution in [2.75, 3.05) is 0 Å². The number of nitrogens with zero attached hydrogens (tertiary/aromatic N) is 1. The van der Waals surface area contributed by atoms with Crippen molar-refractivity contribution < 1.29 is 10.2 Å². The van der Waals surface area contributed by atoms with Crippen molar-refractivity contribution >= 4 is 0 Å². The van der Waals surface area contributed by atoms with E-state index in [1.165, 1.54) is 33.4 Å². The third kappa shape index (κ3) is 5.48. The molecule has 1 unspecified atom stereocenters. The van der Waals surface area contributed by atoms with Crippen LogP contribution in [0.15, 0.2) is 188 Å². The summed E-state index contributed by atoms with van der Waals surface area (Å²) in [4.78, 5) is 5.37. The minimum Gasteiger partial charge on any atom is -0.507 e. The van der Waals surface area contributed by atoms with Crippen LogP contribution in [0.3, 0.4) is 0 Å². The summed E-state index contributed by atoms with van der Waals surface area (Å²) in [5, 5.41) is 24.7. The summed E-state index contributed by atoms with van der Waals surface area (Å²) >= 11 is 0. The smallest absolute Gasteiger partial charge is 0.127 e. The summed E-state index contributed by atoms with van der Waals surface area (Å²) in [6.07, 6.45) is 0. The number of phenols is 2. The van der Waals surface area contributed by atoms with Gasteiger partial charge in [0.25, 0.3) is 0 Å². The second-order valence-electron chi connectivity index (χ2n) is 17.4. The van der Waals surface area contributed by atoms with Crippen LogP contribution in [-0.2, 0) is 10.8 Å². The highest BCUT2D eigenvalue weighted by molar-refractivity contribution is 5.91.